The summed E-state index contributed by atoms with van der Waals surface area (Å²) in [6, 6.07) is 0.807. The van der Waals surface area contributed by atoms with E-state index < -0.39 is 0 Å². The van der Waals surface area contributed by atoms with E-state index in [9.17, 15) is 5.11 Å². The highest BCUT2D eigenvalue weighted by atomic mass is 16.3. The molecule has 2 fully saturated rings. The van der Waals surface area contributed by atoms with Crippen molar-refractivity contribution in [2.24, 2.45) is 0 Å². The van der Waals surface area contributed by atoms with Gasteiger partial charge in [-0.1, -0.05) is 13.3 Å². The molecule has 2 saturated heterocycles. The van der Waals surface area contributed by atoms with E-state index in [-0.39, 0.29) is 6.10 Å². The molecule has 1 unspecified atom stereocenters. The Labute approximate surface area is 124 Å². The summed E-state index contributed by atoms with van der Waals surface area (Å²) in [5.41, 5.74) is 0. The van der Waals surface area contributed by atoms with Crippen LogP contribution in [-0.4, -0.2) is 72.9 Å². The van der Waals surface area contributed by atoms with Gasteiger partial charge in [-0.2, -0.15) is 0 Å². The van der Waals surface area contributed by atoms with E-state index in [2.05, 4.69) is 22.0 Å². The molecule has 2 aliphatic rings. The largest absolute Gasteiger partial charge is 0.390 e. The summed E-state index contributed by atoms with van der Waals surface area (Å²) in [7, 11) is 0. The molecular formula is C16H33N3O. The number of hydrogen-bond donors (Lipinski definition) is 2. The molecule has 2 heterocycles. The van der Waals surface area contributed by atoms with E-state index >= 15 is 0 Å². The molecule has 0 spiro atoms. The maximum Gasteiger partial charge on any atom is 0.0791 e. The Morgan fingerprint density at radius 1 is 1.10 bits per heavy atom. The minimum absolute atomic E-state index is 0.215. The van der Waals surface area contributed by atoms with Crippen LogP contribution in [0.15, 0.2) is 0 Å². The van der Waals surface area contributed by atoms with Crippen molar-refractivity contribution >= 4 is 0 Å². The third-order valence-corrected chi connectivity index (χ3v) is 4.74. The SMILES string of the molecule is CCCNCC(O)CN1CCC(N2CCCCC2)CC1. The van der Waals surface area contributed by atoms with Gasteiger partial charge in [0.1, 0.15) is 0 Å². The molecule has 1 atom stereocenters. The van der Waals surface area contributed by atoms with Gasteiger partial charge in [0.2, 0.25) is 0 Å². The van der Waals surface area contributed by atoms with Crippen LogP contribution in [0.5, 0.6) is 0 Å². The number of nitrogens with zero attached hydrogens (tertiary/aromatic N) is 2. The molecule has 2 rings (SSSR count). The number of nitrogens with one attached hydrogen (secondary N) is 1. The molecule has 4 heteroatoms. The molecule has 0 amide bonds. The van der Waals surface area contributed by atoms with Gasteiger partial charge in [0, 0.05) is 19.1 Å². The van der Waals surface area contributed by atoms with E-state index in [1.807, 2.05) is 0 Å². The van der Waals surface area contributed by atoms with Gasteiger partial charge < -0.3 is 20.2 Å². The first-order valence-corrected chi connectivity index (χ1v) is 8.64. The smallest absolute Gasteiger partial charge is 0.0791 e. The molecule has 118 valence electrons. The van der Waals surface area contributed by atoms with Crippen LogP contribution in [0, 0.1) is 0 Å². The standard InChI is InChI=1S/C16H33N3O/c1-2-8-17-13-16(20)14-18-11-6-15(7-12-18)19-9-4-3-5-10-19/h15-17,20H,2-14H2,1H3. The Morgan fingerprint density at radius 2 is 1.80 bits per heavy atom. The number of hydrogen-bond acceptors (Lipinski definition) is 4. The van der Waals surface area contributed by atoms with Crippen LogP contribution >= 0.6 is 0 Å². The van der Waals surface area contributed by atoms with Crippen LogP contribution in [0.4, 0.5) is 0 Å². The fourth-order valence-corrected chi connectivity index (χ4v) is 3.56. The van der Waals surface area contributed by atoms with Crippen LogP contribution in [0.3, 0.4) is 0 Å². The lowest BCUT2D eigenvalue weighted by Gasteiger charge is -2.40. The summed E-state index contributed by atoms with van der Waals surface area (Å²) in [6.45, 7) is 9.68. The average Bonchev–Trinajstić information content (AvgIpc) is 2.49. The Balaban J connectivity index is 1.61. The molecule has 2 aliphatic heterocycles. The highest BCUT2D eigenvalue weighted by Gasteiger charge is 2.26. The first-order chi connectivity index (χ1) is 9.79. The summed E-state index contributed by atoms with van der Waals surface area (Å²) in [5.74, 6) is 0. The zero-order valence-corrected chi connectivity index (χ0v) is 13.2. The third kappa shape index (κ3) is 5.32. The maximum atomic E-state index is 10.0. The van der Waals surface area contributed by atoms with Crippen LogP contribution in [0.2, 0.25) is 0 Å². The summed E-state index contributed by atoms with van der Waals surface area (Å²) in [5, 5.41) is 13.3. The molecular weight excluding hydrogens is 250 g/mol. The lowest BCUT2D eigenvalue weighted by Crippen LogP contribution is -2.48. The van der Waals surface area contributed by atoms with Crippen molar-refractivity contribution in [3.05, 3.63) is 0 Å². The Morgan fingerprint density at radius 3 is 2.45 bits per heavy atom. The Bertz CT molecular complexity index is 248. The molecule has 20 heavy (non-hydrogen) atoms. The summed E-state index contributed by atoms with van der Waals surface area (Å²) in [4.78, 5) is 5.15. The number of β-amino-alcohol motifs (C(OH)–C–C–N with tert-alkyl or cyclic N) is 1. The zero-order valence-electron chi connectivity index (χ0n) is 13.2. The highest BCUT2D eigenvalue weighted by molar-refractivity contribution is 4.82. The summed E-state index contributed by atoms with van der Waals surface area (Å²) >= 11 is 0. The third-order valence-electron chi connectivity index (χ3n) is 4.74. The van der Waals surface area contributed by atoms with Crippen LogP contribution in [0.1, 0.15) is 45.4 Å². The van der Waals surface area contributed by atoms with Crippen LogP contribution in [0.25, 0.3) is 0 Å². The van der Waals surface area contributed by atoms with Crippen LogP contribution in [-0.2, 0) is 0 Å². The van der Waals surface area contributed by atoms with Gasteiger partial charge >= 0.3 is 0 Å². The van der Waals surface area contributed by atoms with Gasteiger partial charge in [0.05, 0.1) is 6.10 Å². The fourth-order valence-electron chi connectivity index (χ4n) is 3.56. The summed E-state index contributed by atoms with van der Waals surface area (Å²) in [6.07, 6.45) is 7.70. The number of piperidine rings is 2. The zero-order chi connectivity index (χ0) is 14.2. The van der Waals surface area contributed by atoms with Crippen LogP contribution < -0.4 is 5.32 Å². The Kier molecular flexibility index (Phi) is 7.28. The van der Waals surface area contributed by atoms with E-state index in [4.69, 9.17) is 0 Å². The van der Waals surface area contributed by atoms with Gasteiger partial charge in [-0.3, -0.25) is 0 Å². The van der Waals surface area contributed by atoms with Gasteiger partial charge in [-0.25, -0.2) is 0 Å². The van der Waals surface area contributed by atoms with Crippen molar-refractivity contribution in [2.75, 3.05) is 45.8 Å². The minimum Gasteiger partial charge on any atom is -0.390 e. The van der Waals surface area contributed by atoms with E-state index in [1.54, 1.807) is 0 Å². The maximum absolute atomic E-state index is 10.0. The van der Waals surface area contributed by atoms with Crippen molar-refractivity contribution in [3.63, 3.8) is 0 Å². The molecule has 0 aromatic rings. The topological polar surface area (TPSA) is 38.7 Å². The number of aliphatic hydroxyl groups excluding tert-OH is 1. The molecule has 2 N–H and O–H groups in total. The summed E-state index contributed by atoms with van der Waals surface area (Å²) < 4.78 is 0. The van der Waals surface area contributed by atoms with Gasteiger partial charge in [0.15, 0.2) is 0 Å². The molecule has 0 radical (unpaired) electrons. The van der Waals surface area contributed by atoms with Gasteiger partial charge in [0.25, 0.3) is 0 Å². The first-order valence-electron chi connectivity index (χ1n) is 8.64. The van der Waals surface area contributed by atoms with E-state index in [0.29, 0.717) is 0 Å². The molecule has 0 aliphatic carbocycles. The lowest BCUT2D eigenvalue weighted by atomic mass is 9.99. The van der Waals surface area contributed by atoms with Gasteiger partial charge in [-0.15, -0.1) is 0 Å². The van der Waals surface area contributed by atoms with Crippen molar-refractivity contribution in [1.29, 1.82) is 0 Å². The quantitative estimate of drug-likeness (QED) is 0.691. The predicted molar refractivity (Wildman–Crippen MR) is 84.1 cm³/mol. The average molecular weight is 283 g/mol. The molecule has 0 aromatic carbocycles. The number of rotatable bonds is 7. The number of aliphatic hydroxyl groups is 1. The molecule has 0 aromatic heterocycles. The van der Waals surface area contributed by atoms with E-state index in [0.717, 1.165) is 45.2 Å². The lowest BCUT2D eigenvalue weighted by molar-refractivity contribution is 0.0604. The number of likely N-dealkylation sites (tertiary alicyclic amines) is 2. The molecule has 0 bridgehead atoms. The predicted octanol–water partition coefficient (Wildman–Crippen LogP) is 1.30. The van der Waals surface area contributed by atoms with E-state index in [1.165, 1.54) is 45.2 Å². The van der Waals surface area contributed by atoms with Crippen molar-refractivity contribution in [1.82, 2.24) is 15.1 Å². The fraction of sp³-hybridized carbons (Fsp3) is 1.00. The molecule has 0 saturated carbocycles. The molecule has 4 nitrogen and oxygen atoms in total. The monoisotopic (exact) mass is 283 g/mol. The second kappa shape index (κ2) is 8.98. The Hall–Kier alpha value is -0.160. The van der Waals surface area contributed by atoms with Crippen molar-refractivity contribution < 1.29 is 5.11 Å². The minimum atomic E-state index is -0.215. The normalized spacial score (nSPS) is 24.9. The second-order valence-corrected chi connectivity index (χ2v) is 6.49. The first kappa shape index (κ1) is 16.2. The van der Waals surface area contributed by atoms with Crippen molar-refractivity contribution in [3.8, 4) is 0 Å². The highest BCUT2D eigenvalue weighted by Crippen LogP contribution is 2.20. The van der Waals surface area contributed by atoms with Crippen molar-refractivity contribution in [2.45, 2.75) is 57.6 Å². The van der Waals surface area contributed by atoms with Gasteiger partial charge in [-0.05, 0) is 64.8 Å². The second-order valence-electron chi connectivity index (χ2n) is 6.49.